The van der Waals surface area contributed by atoms with E-state index in [4.69, 9.17) is 14.2 Å². The maximum absolute atomic E-state index is 12.4. The van der Waals surface area contributed by atoms with Crippen LogP contribution in [0.5, 0.6) is 5.75 Å². The Labute approximate surface area is 167 Å². The number of para-hydroxylation sites is 1. The molecule has 0 saturated carbocycles. The zero-order valence-corrected chi connectivity index (χ0v) is 16.0. The lowest BCUT2D eigenvalue weighted by Gasteiger charge is -2.11. The molecule has 0 unspecified atom stereocenters. The molecular formula is C21H20N2O6. The van der Waals surface area contributed by atoms with Gasteiger partial charge >= 0.3 is 5.97 Å². The monoisotopic (exact) mass is 396 g/mol. The van der Waals surface area contributed by atoms with Gasteiger partial charge in [0.1, 0.15) is 5.75 Å². The van der Waals surface area contributed by atoms with E-state index in [1.807, 2.05) is 19.1 Å². The summed E-state index contributed by atoms with van der Waals surface area (Å²) in [5.41, 5.74) is 1.77. The molecule has 1 aliphatic heterocycles. The Morgan fingerprint density at radius 3 is 2.62 bits per heavy atom. The number of benzene rings is 2. The Morgan fingerprint density at radius 2 is 1.90 bits per heavy atom. The predicted octanol–water partition coefficient (Wildman–Crippen LogP) is 2.41. The van der Waals surface area contributed by atoms with E-state index in [1.165, 1.54) is 7.11 Å². The Bertz CT molecular complexity index is 968. The second kappa shape index (κ2) is 8.92. The number of nitrogens with one attached hydrogen (secondary N) is 2. The molecule has 1 aliphatic rings. The number of hydrogen-bond donors (Lipinski definition) is 2. The average molecular weight is 396 g/mol. The molecule has 0 bridgehead atoms. The van der Waals surface area contributed by atoms with Crippen LogP contribution in [0.3, 0.4) is 0 Å². The van der Waals surface area contributed by atoms with E-state index < -0.39 is 24.3 Å². The normalized spacial score (nSPS) is 13.0. The number of rotatable bonds is 7. The summed E-state index contributed by atoms with van der Waals surface area (Å²) in [6, 6.07) is 14.2. The molecule has 8 heteroatoms. The van der Waals surface area contributed by atoms with Crippen molar-refractivity contribution in [3.05, 3.63) is 65.6 Å². The fourth-order valence-electron chi connectivity index (χ4n) is 2.68. The lowest BCUT2D eigenvalue weighted by molar-refractivity contribution is -0.144. The summed E-state index contributed by atoms with van der Waals surface area (Å²) in [4.78, 5) is 36.6. The molecule has 0 aromatic heterocycles. The fourth-order valence-corrected chi connectivity index (χ4v) is 2.68. The number of aryl methyl sites for hydroxylation is 1. The van der Waals surface area contributed by atoms with Gasteiger partial charge in [0.2, 0.25) is 11.7 Å². The highest BCUT2D eigenvalue weighted by Crippen LogP contribution is 2.25. The number of methoxy groups -OCH3 is 1. The molecule has 0 spiro atoms. The topological polar surface area (TPSA) is 103 Å². The lowest BCUT2D eigenvalue weighted by atomic mass is 10.2. The van der Waals surface area contributed by atoms with Gasteiger partial charge in [0.05, 0.1) is 12.8 Å². The van der Waals surface area contributed by atoms with Crippen LogP contribution in [0.15, 0.2) is 60.0 Å². The first-order chi connectivity index (χ1) is 14.0. The first-order valence-electron chi connectivity index (χ1n) is 8.82. The molecule has 0 fully saturated rings. The summed E-state index contributed by atoms with van der Waals surface area (Å²) in [7, 11) is 1.49. The quantitative estimate of drug-likeness (QED) is 0.547. The number of ether oxygens (including phenoxy) is 3. The second-order valence-electron chi connectivity index (χ2n) is 6.24. The summed E-state index contributed by atoms with van der Waals surface area (Å²) >= 11 is 0. The van der Waals surface area contributed by atoms with Crippen LogP contribution in [-0.4, -0.2) is 38.0 Å². The number of hydrogen-bond acceptors (Lipinski definition) is 7. The van der Waals surface area contributed by atoms with Crippen molar-refractivity contribution in [2.75, 3.05) is 31.0 Å². The number of carbonyl (C=O) groups is 3. The molecule has 0 atom stereocenters. The maximum atomic E-state index is 12.4. The molecule has 3 rings (SSSR count). The second-order valence-corrected chi connectivity index (χ2v) is 6.24. The minimum Gasteiger partial charge on any atom is -0.495 e. The van der Waals surface area contributed by atoms with Gasteiger partial charge in [-0.15, -0.1) is 0 Å². The summed E-state index contributed by atoms with van der Waals surface area (Å²) in [5, 5.41) is 5.49. The van der Waals surface area contributed by atoms with Gasteiger partial charge in [-0.1, -0.05) is 24.3 Å². The molecule has 0 radical (unpaired) electrons. The van der Waals surface area contributed by atoms with Gasteiger partial charge in [0.25, 0.3) is 5.91 Å². The Kier molecular flexibility index (Phi) is 6.13. The first kappa shape index (κ1) is 19.9. The van der Waals surface area contributed by atoms with Crippen LogP contribution in [0.1, 0.15) is 5.56 Å². The van der Waals surface area contributed by atoms with Crippen LogP contribution in [0.2, 0.25) is 0 Å². The van der Waals surface area contributed by atoms with Gasteiger partial charge in [-0.3, -0.25) is 9.59 Å². The maximum Gasteiger partial charge on any atom is 0.347 e. The van der Waals surface area contributed by atoms with Crippen molar-refractivity contribution in [2.45, 2.75) is 6.92 Å². The van der Waals surface area contributed by atoms with E-state index in [1.54, 1.807) is 36.4 Å². The molecule has 1 amide bonds. The van der Waals surface area contributed by atoms with Crippen LogP contribution in [0, 0.1) is 6.92 Å². The van der Waals surface area contributed by atoms with Crippen molar-refractivity contribution < 1.29 is 28.6 Å². The molecule has 8 nitrogen and oxygen atoms in total. The highest BCUT2D eigenvalue weighted by Gasteiger charge is 2.32. The third kappa shape index (κ3) is 4.92. The highest BCUT2D eigenvalue weighted by atomic mass is 16.5. The third-order valence-electron chi connectivity index (χ3n) is 4.05. The molecule has 150 valence electrons. The molecule has 2 aromatic rings. The van der Waals surface area contributed by atoms with Crippen molar-refractivity contribution >= 4 is 29.0 Å². The number of Topliss-reactive ketones (excluding diaryl/α,β-unsaturated/α-hetero) is 1. The van der Waals surface area contributed by atoms with Crippen LogP contribution in [0.4, 0.5) is 11.4 Å². The van der Waals surface area contributed by atoms with Crippen molar-refractivity contribution in [3.8, 4) is 5.75 Å². The van der Waals surface area contributed by atoms with Gasteiger partial charge in [-0.05, 0) is 36.8 Å². The Morgan fingerprint density at radius 1 is 1.14 bits per heavy atom. The zero-order valence-electron chi connectivity index (χ0n) is 16.0. The van der Waals surface area contributed by atoms with Crippen molar-refractivity contribution in [3.63, 3.8) is 0 Å². The molecule has 0 aliphatic carbocycles. The SMILES string of the molecule is COc1ccc(C)cc1NC(=O)COC(=O)C1=C(Nc2ccccc2)OCC1=O. The minimum atomic E-state index is -0.933. The number of ketones is 1. The molecule has 2 N–H and O–H groups in total. The van der Waals surface area contributed by atoms with Crippen LogP contribution >= 0.6 is 0 Å². The standard InChI is InChI=1S/C21H20N2O6/c1-13-8-9-17(27-2)15(10-13)23-18(25)12-29-21(26)19-16(24)11-28-20(19)22-14-6-4-3-5-7-14/h3-10,22H,11-12H2,1-2H3,(H,23,25). The smallest absolute Gasteiger partial charge is 0.347 e. The third-order valence-corrected chi connectivity index (χ3v) is 4.05. The lowest BCUT2D eigenvalue weighted by Crippen LogP contribution is -2.24. The van der Waals surface area contributed by atoms with Crippen LogP contribution in [0.25, 0.3) is 0 Å². The van der Waals surface area contributed by atoms with Crippen molar-refractivity contribution in [1.82, 2.24) is 0 Å². The Hall–Kier alpha value is -3.81. The molecule has 29 heavy (non-hydrogen) atoms. The largest absolute Gasteiger partial charge is 0.495 e. The molecule has 2 aromatic carbocycles. The van der Waals surface area contributed by atoms with E-state index >= 15 is 0 Å². The van der Waals surface area contributed by atoms with Gasteiger partial charge in [-0.25, -0.2) is 4.79 Å². The zero-order chi connectivity index (χ0) is 20.8. The molecule has 1 heterocycles. The van der Waals surface area contributed by atoms with Gasteiger partial charge in [0.15, 0.2) is 18.8 Å². The minimum absolute atomic E-state index is 0.00645. The van der Waals surface area contributed by atoms with Gasteiger partial charge in [-0.2, -0.15) is 0 Å². The summed E-state index contributed by atoms with van der Waals surface area (Å²) in [5.74, 6) is -1.53. The first-order valence-corrected chi connectivity index (χ1v) is 8.82. The number of amides is 1. The molecular weight excluding hydrogens is 376 g/mol. The van der Waals surface area contributed by atoms with Crippen molar-refractivity contribution in [2.24, 2.45) is 0 Å². The van der Waals surface area contributed by atoms with Crippen molar-refractivity contribution in [1.29, 1.82) is 0 Å². The summed E-state index contributed by atoms with van der Waals surface area (Å²) < 4.78 is 15.5. The summed E-state index contributed by atoms with van der Waals surface area (Å²) in [6.07, 6.45) is 0. The van der Waals surface area contributed by atoms with E-state index in [0.29, 0.717) is 17.1 Å². The highest BCUT2D eigenvalue weighted by molar-refractivity contribution is 6.20. The van der Waals surface area contributed by atoms with E-state index in [2.05, 4.69) is 10.6 Å². The molecule has 0 saturated heterocycles. The number of esters is 1. The fraction of sp³-hybridized carbons (Fsp3) is 0.190. The Balaban J connectivity index is 1.64. The summed E-state index contributed by atoms with van der Waals surface area (Å²) in [6.45, 7) is 1.03. The van der Waals surface area contributed by atoms with Crippen LogP contribution in [-0.2, 0) is 23.9 Å². The van der Waals surface area contributed by atoms with Gasteiger partial charge < -0.3 is 24.8 Å². The van der Waals surface area contributed by atoms with Crippen LogP contribution < -0.4 is 15.4 Å². The van der Waals surface area contributed by atoms with Gasteiger partial charge in [0, 0.05) is 5.69 Å². The number of carbonyl (C=O) groups excluding carboxylic acids is 3. The van der Waals surface area contributed by atoms with E-state index in [0.717, 1.165) is 5.56 Å². The van der Waals surface area contributed by atoms with E-state index in [9.17, 15) is 14.4 Å². The number of anilines is 2. The predicted molar refractivity (Wildman–Crippen MR) is 105 cm³/mol. The van der Waals surface area contributed by atoms with E-state index in [-0.39, 0.29) is 18.1 Å². The average Bonchev–Trinajstić information content (AvgIpc) is 3.07.